The number of hydrogen-bond donors (Lipinski definition) is 2. The van der Waals surface area contributed by atoms with Crippen LogP contribution < -0.4 is 10.6 Å². The third kappa shape index (κ3) is 2.79. The van der Waals surface area contributed by atoms with Gasteiger partial charge in [-0.1, -0.05) is 24.3 Å². The van der Waals surface area contributed by atoms with Crippen LogP contribution in [0.15, 0.2) is 66.9 Å². The highest BCUT2D eigenvalue weighted by atomic mass is 15.0. The summed E-state index contributed by atoms with van der Waals surface area (Å²) < 4.78 is 0. The maximum Gasteiger partial charge on any atom is 0.132 e. The van der Waals surface area contributed by atoms with Crippen molar-refractivity contribution in [2.45, 2.75) is 12.8 Å². The fraction of sp³-hybridized carbons (Fsp3) is 0.105. The van der Waals surface area contributed by atoms with Crippen LogP contribution in [-0.2, 0) is 12.8 Å². The standard InChI is InChI=1S/C19H17N3/c1-3-14-7-8-15-4-2-6-17(12-15)22-19-13-18(9-10-20-19)21-16(5-1)11-14/h1-6,9-13,21H,7-8H2,(H,20,22). The number of pyridine rings is 1. The molecular weight excluding hydrogens is 270 g/mol. The second kappa shape index (κ2) is 5.53. The molecule has 3 heteroatoms. The van der Waals surface area contributed by atoms with Gasteiger partial charge >= 0.3 is 0 Å². The van der Waals surface area contributed by atoms with Gasteiger partial charge in [0.1, 0.15) is 5.82 Å². The highest BCUT2D eigenvalue weighted by Crippen LogP contribution is 2.24. The molecule has 1 aromatic heterocycles. The molecule has 2 N–H and O–H groups in total. The highest BCUT2D eigenvalue weighted by Gasteiger charge is 2.04. The molecule has 0 amide bonds. The summed E-state index contributed by atoms with van der Waals surface area (Å²) in [5.74, 6) is 0.845. The molecule has 22 heavy (non-hydrogen) atoms. The predicted octanol–water partition coefficient (Wildman–Crippen LogP) is 4.67. The molecule has 0 aliphatic carbocycles. The van der Waals surface area contributed by atoms with E-state index >= 15 is 0 Å². The lowest BCUT2D eigenvalue weighted by Gasteiger charge is -2.10. The van der Waals surface area contributed by atoms with Gasteiger partial charge in [0.2, 0.25) is 0 Å². The lowest BCUT2D eigenvalue weighted by molar-refractivity contribution is 0.961. The summed E-state index contributed by atoms with van der Waals surface area (Å²) in [5.41, 5.74) is 5.90. The van der Waals surface area contributed by atoms with Crippen molar-refractivity contribution >= 4 is 22.9 Å². The summed E-state index contributed by atoms with van der Waals surface area (Å²) in [7, 11) is 0. The van der Waals surface area contributed by atoms with Gasteiger partial charge < -0.3 is 10.6 Å². The summed E-state index contributed by atoms with van der Waals surface area (Å²) in [6.07, 6.45) is 3.89. The number of nitrogens with zero attached hydrogens (tertiary/aromatic N) is 1. The van der Waals surface area contributed by atoms with Crippen LogP contribution >= 0.6 is 0 Å². The number of benzene rings is 2. The van der Waals surface area contributed by atoms with E-state index in [1.807, 2.05) is 18.3 Å². The number of aromatic nitrogens is 1. The summed E-state index contributed by atoms with van der Waals surface area (Å²) in [6.45, 7) is 0. The fourth-order valence-corrected chi connectivity index (χ4v) is 2.79. The average Bonchev–Trinajstić information content (AvgIpc) is 2.54. The Morgan fingerprint density at radius 3 is 2.05 bits per heavy atom. The Morgan fingerprint density at radius 2 is 1.32 bits per heavy atom. The predicted molar refractivity (Wildman–Crippen MR) is 91.1 cm³/mol. The Hall–Kier alpha value is -2.81. The van der Waals surface area contributed by atoms with E-state index in [4.69, 9.17) is 0 Å². The number of hydrogen-bond acceptors (Lipinski definition) is 3. The van der Waals surface area contributed by atoms with Crippen molar-refractivity contribution in [1.82, 2.24) is 4.98 Å². The quantitative estimate of drug-likeness (QED) is 0.631. The van der Waals surface area contributed by atoms with Crippen LogP contribution in [0.1, 0.15) is 11.1 Å². The van der Waals surface area contributed by atoms with E-state index in [0.717, 1.165) is 35.7 Å². The molecule has 6 bridgehead atoms. The van der Waals surface area contributed by atoms with Crippen molar-refractivity contribution < 1.29 is 0 Å². The van der Waals surface area contributed by atoms with Gasteiger partial charge in [-0.2, -0.15) is 0 Å². The van der Waals surface area contributed by atoms with Crippen molar-refractivity contribution in [1.29, 1.82) is 0 Å². The van der Waals surface area contributed by atoms with Crippen molar-refractivity contribution in [2.24, 2.45) is 0 Å². The van der Waals surface area contributed by atoms with Gasteiger partial charge in [-0.3, -0.25) is 0 Å². The van der Waals surface area contributed by atoms with E-state index in [1.54, 1.807) is 0 Å². The fourth-order valence-electron chi connectivity index (χ4n) is 2.79. The van der Waals surface area contributed by atoms with Crippen molar-refractivity contribution in [3.63, 3.8) is 0 Å². The van der Waals surface area contributed by atoms with Crippen molar-refractivity contribution in [2.75, 3.05) is 10.6 Å². The molecule has 108 valence electrons. The van der Waals surface area contributed by atoms with E-state index < -0.39 is 0 Å². The summed E-state index contributed by atoms with van der Waals surface area (Å²) in [4.78, 5) is 4.39. The molecule has 2 heterocycles. The Balaban J connectivity index is 1.80. The van der Waals surface area contributed by atoms with E-state index in [9.17, 15) is 0 Å². The largest absolute Gasteiger partial charge is 0.355 e. The zero-order chi connectivity index (χ0) is 14.8. The molecule has 2 aromatic carbocycles. The molecule has 0 unspecified atom stereocenters. The first kappa shape index (κ1) is 12.9. The molecule has 3 aromatic rings. The minimum atomic E-state index is 0.845. The number of anilines is 4. The maximum absolute atomic E-state index is 4.39. The zero-order valence-corrected chi connectivity index (χ0v) is 12.2. The number of aryl methyl sites for hydroxylation is 2. The lowest BCUT2D eigenvalue weighted by atomic mass is 10.0. The van der Waals surface area contributed by atoms with Crippen LogP contribution in [0, 0.1) is 0 Å². The minimum absolute atomic E-state index is 0.845. The Morgan fingerprint density at radius 1 is 0.682 bits per heavy atom. The van der Waals surface area contributed by atoms with Crippen LogP contribution in [-0.4, -0.2) is 4.98 Å². The molecule has 0 atom stereocenters. The molecule has 1 aliphatic heterocycles. The second-order valence-electron chi connectivity index (χ2n) is 5.58. The Labute approximate surface area is 130 Å². The first-order chi connectivity index (χ1) is 10.8. The van der Waals surface area contributed by atoms with Crippen LogP contribution in [0.5, 0.6) is 0 Å². The highest BCUT2D eigenvalue weighted by molar-refractivity contribution is 5.66. The van der Waals surface area contributed by atoms with Gasteiger partial charge in [0.05, 0.1) is 0 Å². The third-order valence-electron chi connectivity index (χ3n) is 3.88. The summed E-state index contributed by atoms with van der Waals surface area (Å²) in [5, 5.41) is 6.83. The summed E-state index contributed by atoms with van der Waals surface area (Å²) >= 11 is 0. The van der Waals surface area contributed by atoms with Crippen LogP contribution in [0.4, 0.5) is 22.9 Å². The Kier molecular flexibility index (Phi) is 3.24. The van der Waals surface area contributed by atoms with Gasteiger partial charge in [0, 0.05) is 29.3 Å². The van der Waals surface area contributed by atoms with Crippen molar-refractivity contribution in [3.8, 4) is 0 Å². The molecule has 4 rings (SSSR count). The smallest absolute Gasteiger partial charge is 0.132 e. The first-order valence-corrected chi connectivity index (χ1v) is 7.53. The van der Waals surface area contributed by atoms with E-state index in [2.05, 4.69) is 64.1 Å². The maximum atomic E-state index is 4.39. The van der Waals surface area contributed by atoms with Gasteiger partial charge in [-0.25, -0.2) is 4.98 Å². The molecule has 0 radical (unpaired) electrons. The molecule has 0 saturated carbocycles. The van der Waals surface area contributed by atoms with E-state index in [1.165, 1.54) is 11.1 Å². The summed E-state index contributed by atoms with van der Waals surface area (Å²) in [6, 6.07) is 21.2. The van der Waals surface area contributed by atoms with E-state index in [0.29, 0.717) is 0 Å². The first-order valence-electron chi connectivity index (χ1n) is 7.53. The Bertz CT molecular complexity index is 746. The van der Waals surface area contributed by atoms with E-state index in [-0.39, 0.29) is 0 Å². The van der Waals surface area contributed by atoms with Crippen LogP contribution in [0.2, 0.25) is 0 Å². The topological polar surface area (TPSA) is 37.0 Å². The molecular formula is C19H17N3. The number of nitrogens with one attached hydrogen (secondary N) is 2. The molecule has 3 nitrogen and oxygen atoms in total. The molecule has 0 saturated heterocycles. The monoisotopic (exact) mass is 287 g/mol. The van der Waals surface area contributed by atoms with Crippen LogP contribution in [0.3, 0.4) is 0 Å². The van der Waals surface area contributed by atoms with Crippen molar-refractivity contribution in [3.05, 3.63) is 78.0 Å². The van der Waals surface area contributed by atoms with Gasteiger partial charge in [-0.05, 0) is 54.3 Å². The number of fused-ring (bicyclic) bond motifs is 6. The number of rotatable bonds is 0. The zero-order valence-electron chi connectivity index (χ0n) is 12.2. The van der Waals surface area contributed by atoms with Gasteiger partial charge in [-0.15, -0.1) is 0 Å². The normalized spacial score (nSPS) is 12.9. The minimum Gasteiger partial charge on any atom is -0.355 e. The lowest BCUT2D eigenvalue weighted by Crippen LogP contribution is -1.96. The molecule has 1 aliphatic rings. The van der Waals surface area contributed by atoms with Crippen LogP contribution in [0.25, 0.3) is 0 Å². The molecule has 0 spiro atoms. The van der Waals surface area contributed by atoms with Gasteiger partial charge in [0.25, 0.3) is 0 Å². The third-order valence-corrected chi connectivity index (χ3v) is 3.88. The van der Waals surface area contributed by atoms with Gasteiger partial charge in [0.15, 0.2) is 0 Å². The molecule has 0 fully saturated rings. The SMILES string of the molecule is c1cc2cc(c1)Nc1ccnc(c1)Nc1cccc(c1)CC2. The second-order valence-corrected chi connectivity index (χ2v) is 5.58. The average molecular weight is 287 g/mol.